The minimum Gasteiger partial charge on any atom is -0.341 e. The molecule has 3 heterocycles. The molecule has 0 aliphatic rings. The lowest BCUT2D eigenvalue weighted by Crippen LogP contribution is -2.18. The highest BCUT2D eigenvalue weighted by Crippen LogP contribution is 2.21. The van der Waals surface area contributed by atoms with E-state index in [9.17, 15) is 4.39 Å². The van der Waals surface area contributed by atoms with Gasteiger partial charge in [0.15, 0.2) is 0 Å². The van der Waals surface area contributed by atoms with Gasteiger partial charge in [-0.15, -0.1) is 11.3 Å². The summed E-state index contributed by atoms with van der Waals surface area (Å²) in [5.74, 6) is 1.63. The summed E-state index contributed by atoms with van der Waals surface area (Å²) in [5.41, 5.74) is 1.44. The number of halogens is 1. The van der Waals surface area contributed by atoms with E-state index >= 15 is 0 Å². The van der Waals surface area contributed by atoms with Crippen LogP contribution in [0.2, 0.25) is 0 Å². The van der Waals surface area contributed by atoms with Crippen molar-refractivity contribution in [2.24, 2.45) is 0 Å². The van der Waals surface area contributed by atoms with Gasteiger partial charge in [-0.25, -0.2) is 9.37 Å². The number of imidazole rings is 1. The molecule has 8 heteroatoms. The third kappa shape index (κ3) is 3.06. The summed E-state index contributed by atoms with van der Waals surface area (Å²) < 4.78 is 18.5. The van der Waals surface area contributed by atoms with Crippen LogP contribution in [0.25, 0.3) is 21.7 Å². The molecule has 0 aliphatic carbocycles. The number of thiophene rings is 1. The molecule has 122 valence electrons. The van der Waals surface area contributed by atoms with E-state index in [1.807, 2.05) is 29.5 Å². The zero-order valence-electron chi connectivity index (χ0n) is 12.9. The molecule has 0 atom stereocenters. The number of aromatic amines is 1. The van der Waals surface area contributed by atoms with Gasteiger partial charge < -0.3 is 9.51 Å². The Morgan fingerprint density at radius 2 is 2.17 bits per heavy atom. The lowest BCUT2D eigenvalue weighted by atomic mass is 10.3. The molecule has 0 aliphatic heterocycles. The van der Waals surface area contributed by atoms with E-state index in [-0.39, 0.29) is 5.82 Å². The molecule has 3 aromatic heterocycles. The summed E-state index contributed by atoms with van der Waals surface area (Å²) in [6.07, 6.45) is 0. The predicted molar refractivity (Wildman–Crippen MR) is 88.8 cm³/mol. The van der Waals surface area contributed by atoms with Gasteiger partial charge in [0.25, 0.3) is 0 Å². The van der Waals surface area contributed by atoms with Gasteiger partial charge in [0.1, 0.15) is 11.6 Å². The Morgan fingerprint density at radius 1 is 1.25 bits per heavy atom. The van der Waals surface area contributed by atoms with Gasteiger partial charge in [0, 0.05) is 0 Å². The molecule has 0 unspecified atom stereocenters. The summed E-state index contributed by atoms with van der Waals surface area (Å²) in [6, 6.07) is 8.41. The normalized spacial score (nSPS) is 11.6. The van der Waals surface area contributed by atoms with Crippen molar-refractivity contribution >= 4 is 22.4 Å². The van der Waals surface area contributed by atoms with E-state index < -0.39 is 0 Å². The van der Waals surface area contributed by atoms with Crippen molar-refractivity contribution in [2.45, 2.75) is 13.1 Å². The molecule has 0 saturated carbocycles. The van der Waals surface area contributed by atoms with Crippen LogP contribution in [0, 0.1) is 5.82 Å². The Morgan fingerprint density at radius 3 is 3.00 bits per heavy atom. The van der Waals surface area contributed by atoms with Gasteiger partial charge in [0.05, 0.1) is 29.0 Å². The first kappa shape index (κ1) is 15.0. The second-order valence-corrected chi connectivity index (χ2v) is 6.45. The molecule has 4 aromatic rings. The van der Waals surface area contributed by atoms with Crippen molar-refractivity contribution in [3.8, 4) is 10.7 Å². The van der Waals surface area contributed by atoms with Crippen molar-refractivity contribution in [2.75, 3.05) is 7.05 Å². The summed E-state index contributed by atoms with van der Waals surface area (Å²) in [5, 5.41) is 5.97. The number of hydrogen-bond acceptors (Lipinski definition) is 6. The van der Waals surface area contributed by atoms with Crippen LogP contribution in [0.1, 0.15) is 11.7 Å². The molecule has 0 radical (unpaired) electrons. The molecule has 0 spiro atoms. The molecule has 24 heavy (non-hydrogen) atoms. The number of aromatic nitrogens is 4. The smallest absolute Gasteiger partial charge is 0.241 e. The summed E-state index contributed by atoms with van der Waals surface area (Å²) in [7, 11) is 1.93. The fourth-order valence-corrected chi connectivity index (χ4v) is 3.13. The third-order valence-corrected chi connectivity index (χ3v) is 4.39. The number of nitrogens with zero attached hydrogens (tertiary/aromatic N) is 4. The molecule has 0 bridgehead atoms. The van der Waals surface area contributed by atoms with Gasteiger partial charge in [-0.3, -0.25) is 4.90 Å². The van der Waals surface area contributed by atoms with Crippen LogP contribution in [0.15, 0.2) is 40.2 Å². The molecule has 0 amide bonds. The Bertz CT molecular complexity index is 962. The number of rotatable bonds is 5. The van der Waals surface area contributed by atoms with Gasteiger partial charge in [0.2, 0.25) is 11.7 Å². The van der Waals surface area contributed by atoms with Crippen molar-refractivity contribution in [1.82, 2.24) is 25.0 Å². The van der Waals surface area contributed by atoms with Gasteiger partial charge in [-0.05, 0) is 36.7 Å². The molecule has 0 fully saturated rings. The van der Waals surface area contributed by atoms with E-state index in [2.05, 4.69) is 20.1 Å². The van der Waals surface area contributed by atoms with Crippen molar-refractivity contribution in [1.29, 1.82) is 0 Å². The van der Waals surface area contributed by atoms with Crippen molar-refractivity contribution < 1.29 is 8.91 Å². The van der Waals surface area contributed by atoms with E-state index in [0.717, 1.165) is 16.2 Å². The Kier molecular flexibility index (Phi) is 3.83. The minimum atomic E-state index is -0.280. The molecule has 4 rings (SSSR count). The molecule has 0 saturated heterocycles. The van der Waals surface area contributed by atoms with E-state index in [4.69, 9.17) is 4.52 Å². The molecular weight excluding hydrogens is 329 g/mol. The van der Waals surface area contributed by atoms with E-state index in [1.54, 1.807) is 17.4 Å². The quantitative estimate of drug-likeness (QED) is 0.601. The lowest BCUT2D eigenvalue weighted by molar-refractivity contribution is 0.257. The zero-order chi connectivity index (χ0) is 16.5. The standard InChI is InChI=1S/C16H14FN5OS/c1-22(8-14-18-11-5-4-10(17)7-12(11)19-14)9-15-20-16(21-23-15)13-3-2-6-24-13/h2-7H,8-9H2,1H3,(H,18,19). The third-order valence-electron chi connectivity index (χ3n) is 3.53. The monoisotopic (exact) mass is 343 g/mol. The first-order valence-corrected chi connectivity index (χ1v) is 8.24. The second-order valence-electron chi connectivity index (χ2n) is 5.51. The minimum absolute atomic E-state index is 0.280. The predicted octanol–water partition coefficient (Wildman–Crippen LogP) is 3.45. The van der Waals surface area contributed by atoms with Crippen LogP contribution in [0.5, 0.6) is 0 Å². The number of nitrogens with one attached hydrogen (secondary N) is 1. The number of H-pyrrole nitrogens is 1. The van der Waals surface area contributed by atoms with Gasteiger partial charge in [-0.1, -0.05) is 11.2 Å². The topological polar surface area (TPSA) is 70.8 Å². The van der Waals surface area contributed by atoms with Crippen molar-refractivity contribution in [3.05, 3.63) is 53.2 Å². The highest BCUT2D eigenvalue weighted by Gasteiger charge is 2.13. The van der Waals surface area contributed by atoms with Crippen LogP contribution in [0.4, 0.5) is 4.39 Å². The van der Waals surface area contributed by atoms with Crippen LogP contribution in [0.3, 0.4) is 0 Å². The summed E-state index contributed by atoms with van der Waals surface area (Å²) >= 11 is 1.57. The van der Waals surface area contributed by atoms with Gasteiger partial charge in [-0.2, -0.15) is 4.98 Å². The molecule has 6 nitrogen and oxygen atoms in total. The first-order valence-electron chi connectivity index (χ1n) is 7.36. The van der Waals surface area contributed by atoms with Crippen LogP contribution in [-0.4, -0.2) is 32.1 Å². The molecular formula is C16H14FN5OS. The maximum absolute atomic E-state index is 13.2. The highest BCUT2D eigenvalue weighted by molar-refractivity contribution is 7.13. The molecule has 1 aromatic carbocycles. The number of benzene rings is 1. The second kappa shape index (κ2) is 6.14. The Labute approximate surface area is 141 Å². The largest absolute Gasteiger partial charge is 0.341 e. The van der Waals surface area contributed by atoms with Crippen LogP contribution >= 0.6 is 11.3 Å². The Balaban J connectivity index is 1.45. The summed E-state index contributed by atoms with van der Waals surface area (Å²) in [6.45, 7) is 1.07. The Hall–Kier alpha value is -2.58. The van der Waals surface area contributed by atoms with E-state index in [0.29, 0.717) is 30.3 Å². The van der Waals surface area contributed by atoms with Crippen LogP contribution in [-0.2, 0) is 13.1 Å². The van der Waals surface area contributed by atoms with E-state index in [1.165, 1.54) is 12.1 Å². The zero-order valence-corrected chi connectivity index (χ0v) is 13.7. The maximum Gasteiger partial charge on any atom is 0.241 e. The SMILES string of the molecule is CN(Cc1nc2ccc(F)cc2[nH]1)Cc1nc(-c2cccs2)no1. The number of hydrogen-bond donors (Lipinski definition) is 1. The van der Waals surface area contributed by atoms with Crippen LogP contribution < -0.4 is 0 Å². The molecule has 1 N–H and O–H groups in total. The highest BCUT2D eigenvalue weighted by atomic mass is 32.1. The first-order chi connectivity index (χ1) is 11.7. The fourth-order valence-electron chi connectivity index (χ4n) is 2.48. The fraction of sp³-hybridized carbons (Fsp3) is 0.188. The average Bonchev–Trinajstić information content (AvgIpc) is 3.25. The van der Waals surface area contributed by atoms with Gasteiger partial charge >= 0.3 is 0 Å². The average molecular weight is 343 g/mol. The maximum atomic E-state index is 13.2. The lowest BCUT2D eigenvalue weighted by Gasteiger charge is -2.11. The summed E-state index contributed by atoms with van der Waals surface area (Å²) in [4.78, 5) is 15.0. The van der Waals surface area contributed by atoms with Crippen molar-refractivity contribution in [3.63, 3.8) is 0 Å². The number of fused-ring (bicyclic) bond motifs is 1.